The number of aromatic nitrogens is 1. The predicted molar refractivity (Wildman–Crippen MR) is 84.7 cm³/mol. The Morgan fingerprint density at radius 2 is 2.09 bits per heavy atom. The minimum absolute atomic E-state index is 0.123. The maximum absolute atomic E-state index is 11.9. The van der Waals surface area contributed by atoms with Crippen molar-refractivity contribution >= 4 is 17.6 Å². The fourth-order valence-electron chi connectivity index (χ4n) is 2.02. The Labute approximate surface area is 130 Å². The van der Waals surface area contributed by atoms with Gasteiger partial charge in [0, 0.05) is 19.3 Å². The van der Waals surface area contributed by atoms with Crippen molar-refractivity contribution in [1.29, 1.82) is 0 Å². The van der Waals surface area contributed by atoms with E-state index in [1.54, 1.807) is 18.3 Å². The SMILES string of the molecule is CCN(CC)CCN[C@H](CC(=O)Nc1cccnc1)C(=O)O. The van der Waals surface area contributed by atoms with E-state index in [2.05, 4.69) is 34.4 Å². The molecule has 0 unspecified atom stereocenters. The Hall–Kier alpha value is -1.99. The van der Waals surface area contributed by atoms with Crippen molar-refractivity contribution in [3.63, 3.8) is 0 Å². The zero-order chi connectivity index (χ0) is 16.4. The van der Waals surface area contributed by atoms with Crippen LogP contribution in [0.5, 0.6) is 0 Å². The van der Waals surface area contributed by atoms with Gasteiger partial charge in [-0.15, -0.1) is 0 Å². The number of nitrogens with one attached hydrogen (secondary N) is 2. The summed E-state index contributed by atoms with van der Waals surface area (Å²) in [6.45, 7) is 7.22. The highest BCUT2D eigenvalue weighted by atomic mass is 16.4. The lowest BCUT2D eigenvalue weighted by atomic mass is 10.2. The molecule has 0 radical (unpaired) electrons. The summed E-state index contributed by atoms with van der Waals surface area (Å²) in [4.78, 5) is 29.2. The lowest BCUT2D eigenvalue weighted by Gasteiger charge is -2.20. The number of carboxylic acids is 1. The molecule has 1 amide bonds. The molecule has 0 fully saturated rings. The number of likely N-dealkylation sites (N-methyl/N-ethyl adjacent to an activating group) is 1. The molecule has 7 nitrogen and oxygen atoms in total. The van der Waals surface area contributed by atoms with E-state index in [0.29, 0.717) is 12.2 Å². The minimum Gasteiger partial charge on any atom is -0.480 e. The molecule has 0 saturated carbocycles. The number of carbonyl (C=O) groups excluding carboxylic acids is 1. The number of amides is 1. The maximum Gasteiger partial charge on any atom is 0.321 e. The number of aliphatic carboxylic acids is 1. The second kappa shape index (κ2) is 9.86. The molecule has 122 valence electrons. The van der Waals surface area contributed by atoms with Crippen LogP contribution in [-0.4, -0.2) is 59.1 Å². The first kappa shape index (κ1) is 18.1. The standard InChI is InChI=1S/C15H24N4O3/c1-3-19(4-2)9-8-17-13(15(21)22)10-14(20)18-12-6-5-7-16-11-12/h5-7,11,13,17H,3-4,8-10H2,1-2H3,(H,18,20)(H,21,22)/t13-/m1/s1. The molecule has 22 heavy (non-hydrogen) atoms. The topological polar surface area (TPSA) is 94.6 Å². The van der Waals surface area contributed by atoms with Gasteiger partial charge in [0.05, 0.1) is 18.3 Å². The monoisotopic (exact) mass is 308 g/mol. The zero-order valence-corrected chi connectivity index (χ0v) is 13.1. The van der Waals surface area contributed by atoms with E-state index in [4.69, 9.17) is 0 Å². The summed E-state index contributed by atoms with van der Waals surface area (Å²) in [5, 5.41) is 14.8. The van der Waals surface area contributed by atoms with E-state index in [0.717, 1.165) is 19.6 Å². The van der Waals surface area contributed by atoms with Gasteiger partial charge in [-0.25, -0.2) is 0 Å². The first-order valence-electron chi connectivity index (χ1n) is 7.45. The lowest BCUT2D eigenvalue weighted by Crippen LogP contribution is -2.43. The third-order valence-corrected chi connectivity index (χ3v) is 3.35. The molecular weight excluding hydrogens is 284 g/mol. The largest absolute Gasteiger partial charge is 0.480 e. The fraction of sp³-hybridized carbons (Fsp3) is 0.533. The van der Waals surface area contributed by atoms with Crippen molar-refractivity contribution in [2.24, 2.45) is 0 Å². The van der Waals surface area contributed by atoms with Gasteiger partial charge in [0.15, 0.2) is 0 Å². The van der Waals surface area contributed by atoms with Crippen LogP contribution in [0.3, 0.4) is 0 Å². The minimum atomic E-state index is -1.03. The van der Waals surface area contributed by atoms with Gasteiger partial charge in [0.2, 0.25) is 5.91 Å². The summed E-state index contributed by atoms with van der Waals surface area (Å²) in [7, 11) is 0. The van der Waals surface area contributed by atoms with Crippen molar-refractivity contribution in [2.75, 3.05) is 31.5 Å². The Morgan fingerprint density at radius 1 is 1.36 bits per heavy atom. The molecule has 0 spiro atoms. The average molecular weight is 308 g/mol. The van der Waals surface area contributed by atoms with Gasteiger partial charge in [-0.2, -0.15) is 0 Å². The van der Waals surface area contributed by atoms with E-state index in [1.807, 2.05) is 0 Å². The number of rotatable bonds is 10. The van der Waals surface area contributed by atoms with E-state index in [9.17, 15) is 14.7 Å². The van der Waals surface area contributed by atoms with Crippen LogP contribution >= 0.6 is 0 Å². The predicted octanol–water partition coefficient (Wildman–Crippen LogP) is 0.795. The first-order valence-corrected chi connectivity index (χ1v) is 7.45. The van der Waals surface area contributed by atoms with Crippen molar-refractivity contribution < 1.29 is 14.7 Å². The summed E-state index contributed by atoms with van der Waals surface area (Å²) < 4.78 is 0. The summed E-state index contributed by atoms with van der Waals surface area (Å²) in [6.07, 6.45) is 2.99. The molecule has 1 heterocycles. The highest BCUT2D eigenvalue weighted by Crippen LogP contribution is 2.04. The maximum atomic E-state index is 11.9. The van der Waals surface area contributed by atoms with Gasteiger partial charge < -0.3 is 20.6 Å². The number of carbonyl (C=O) groups is 2. The van der Waals surface area contributed by atoms with Gasteiger partial charge in [-0.1, -0.05) is 13.8 Å². The summed E-state index contributed by atoms with van der Waals surface area (Å²) in [5.41, 5.74) is 0.555. The summed E-state index contributed by atoms with van der Waals surface area (Å²) >= 11 is 0. The van der Waals surface area contributed by atoms with E-state index in [-0.39, 0.29) is 12.3 Å². The van der Waals surface area contributed by atoms with E-state index >= 15 is 0 Å². The Morgan fingerprint density at radius 3 is 2.64 bits per heavy atom. The summed E-state index contributed by atoms with van der Waals surface area (Å²) in [6, 6.07) is 2.51. The van der Waals surface area contributed by atoms with Gasteiger partial charge >= 0.3 is 5.97 Å². The highest BCUT2D eigenvalue weighted by molar-refractivity contribution is 5.93. The number of pyridine rings is 1. The number of hydrogen-bond acceptors (Lipinski definition) is 5. The highest BCUT2D eigenvalue weighted by Gasteiger charge is 2.20. The number of carboxylic acid groups (broad SMARTS) is 1. The van der Waals surface area contributed by atoms with Gasteiger partial charge in [-0.3, -0.25) is 14.6 Å². The van der Waals surface area contributed by atoms with Crippen LogP contribution in [0.15, 0.2) is 24.5 Å². The van der Waals surface area contributed by atoms with Gasteiger partial charge in [0.25, 0.3) is 0 Å². The Balaban J connectivity index is 2.43. The van der Waals surface area contributed by atoms with Crippen LogP contribution in [0.25, 0.3) is 0 Å². The smallest absolute Gasteiger partial charge is 0.321 e. The van der Waals surface area contributed by atoms with Gasteiger partial charge in [-0.05, 0) is 25.2 Å². The van der Waals surface area contributed by atoms with Crippen LogP contribution in [-0.2, 0) is 9.59 Å². The Bertz CT molecular complexity index is 463. The third kappa shape index (κ3) is 6.64. The molecule has 1 rings (SSSR count). The molecule has 1 aromatic rings. The van der Waals surface area contributed by atoms with Crippen LogP contribution in [0.2, 0.25) is 0 Å². The normalized spacial score (nSPS) is 12.1. The quantitative estimate of drug-likeness (QED) is 0.592. The number of anilines is 1. The molecule has 0 aromatic carbocycles. The number of nitrogens with zero attached hydrogens (tertiary/aromatic N) is 2. The van der Waals surface area contributed by atoms with E-state index < -0.39 is 12.0 Å². The van der Waals surface area contributed by atoms with Crippen LogP contribution in [0.1, 0.15) is 20.3 Å². The molecule has 0 aliphatic rings. The second-order valence-corrected chi connectivity index (χ2v) is 4.87. The molecular formula is C15H24N4O3. The molecule has 0 bridgehead atoms. The number of hydrogen-bond donors (Lipinski definition) is 3. The van der Waals surface area contributed by atoms with Crippen molar-refractivity contribution in [3.05, 3.63) is 24.5 Å². The van der Waals surface area contributed by atoms with Crippen molar-refractivity contribution in [2.45, 2.75) is 26.3 Å². The van der Waals surface area contributed by atoms with Crippen LogP contribution in [0, 0.1) is 0 Å². The fourth-order valence-corrected chi connectivity index (χ4v) is 2.02. The van der Waals surface area contributed by atoms with Gasteiger partial charge in [0.1, 0.15) is 6.04 Å². The second-order valence-electron chi connectivity index (χ2n) is 4.87. The average Bonchev–Trinajstić information content (AvgIpc) is 2.51. The molecule has 7 heteroatoms. The van der Waals surface area contributed by atoms with Crippen molar-refractivity contribution in [1.82, 2.24) is 15.2 Å². The first-order chi connectivity index (χ1) is 10.6. The Kier molecular flexibility index (Phi) is 8.09. The lowest BCUT2D eigenvalue weighted by molar-refractivity contribution is -0.141. The summed E-state index contributed by atoms with van der Waals surface area (Å²) in [5.74, 6) is -1.38. The van der Waals surface area contributed by atoms with E-state index in [1.165, 1.54) is 6.20 Å². The molecule has 3 N–H and O–H groups in total. The van der Waals surface area contributed by atoms with Crippen LogP contribution in [0.4, 0.5) is 5.69 Å². The zero-order valence-electron chi connectivity index (χ0n) is 13.1. The molecule has 0 aliphatic carbocycles. The van der Waals surface area contributed by atoms with Crippen molar-refractivity contribution in [3.8, 4) is 0 Å². The molecule has 0 aliphatic heterocycles. The molecule has 1 aromatic heterocycles. The molecule has 1 atom stereocenters. The van der Waals surface area contributed by atoms with Crippen LogP contribution < -0.4 is 10.6 Å². The third-order valence-electron chi connectivity index (χ3n) is 3.35. The molecule has 0 saturated heterocycles.